The minimum absolute atomic E-state index is 0.0938. The van der Waals surface area contributed by atoms with Crippen LogP contribution in [0.25, 0.3) is 0 Å². The molecule has 1 saturated heterocycles. The first kappa shape index (κ1) is 8.97. The van der Waals surface area contributed by atoms with Crippen LogP contribution in [-0.2, 0) is 9.84 Å². The molecule has 0 aromatic heterocycles. The van der Waals surface area contributed by atoms with Crippen LogP contribution in [0.3, 0.4) is 0 Å². The highest BCUT2D eigenvalue weighted by molar-refractivity contribution is 4.74. The van der Waals surface area contributed by atoms with Crippen molar-refractivity contribution in [2.45, 2.75) is 32.0 Å². The summed E-state index contributed by atoms with van der Waals surface area (Å²) in [5.41, 5.74) is 0. The SMILES string of the molecule is CCCC([O])C1CNCCO1. The lowest BCUT2D eigenvalue weighted by Gasteiger charge is -2.26. The zero-order valence-corrected chi connectivity index (χ0v) is 7.01. The van der Waals surface area contributed by atoms with Gasteiger partial charge in [0, 0.05) is 13.1 Å². The van der Waals surface area contributed by atoms with Gasteiger partial charge in [-0.05, 0) is 6.42 Å². The second kappa shape index (κ2) is 4.70. The highest BCUT2D eigenvalue weighted by Crippen LogP contribution is 2.08. The first-order valence-corrected chi connectivity index (χ1v) is 4.32. The highest BCUT2D eigenvalue weighted by atomic mass is 16.5. The maximum atomic E-state index is 11.3. The topological polar surface area (TPSA) is 41.2 Å². The fraction of sp³-hybridized carbons (Fsp3) is 1.00. The highest BCUT2D eigenvalue weighted by Gasteiger charge is 2.22. The maximum Gasteiger partial charge on any atom is 0.120 e. The number of morpholine rings is 1. The van der Waals surface area contributed by atoms with E-state index in [1.165, 1.54) is 0 Å². The van der Waals surface area contributed by atoms with Gasteiger partial charge in [-0.1, -0.05) is 13.3 Å². The van der Waals surface area contributed by atoms with Crippen molar-refractivity contribution in [3.8, 4) is 0 Å². The summed E-state index contributed by atoms with van der Waals surface area (Å²) >= 11 is 0. The molecule has 3 nitrogen and oxygen atoms in total. The molecular formula is C8H16NO2. The minimum Gasteiger partial charge on any atom is -0.373 e. The van der Waals surface area contributed by atoms with E-state index in [2.05, 4.69) is 5.32 Å². The van der Waals surface area contributed by atoms with Gasteiger partial charge in [0.1, 0.15) is 6.10 Å². The Kier molecular flexibility index (Phi) is 3.83. The van der Waals surface area contributed by atoms with Gasteiger partial charge in [-0.3, -0.25) is 0 Å². The quantitative estimate of drug-likeness (QED) is 0.652. The third-order valence-electron chi connectivity index (χ3n) is 1.94. The number of nitrogens with one attached hydrogen (secondary N) is 1. The van der Waals surface area contributed by atoms with Crippen molar-refractivity contribution in [1.29, 1.82) is 0 Å². The molecule has 2 atom stereocenters. The van der Waals surface area contributed by atoms with Crippen LogP contribution in [0.1, 0.15) is 19.8 Å². The normalized spacial score (nSPS) is 28.4. The first-order valence-electron chi connectivity index (χ1n) is 4.32. The van der Waals surface area contributed by atoms with E-state index in [9.17, 15) is 5.11 Å². The van der Waals surface area contributed by atoms with Gasteiger partial charge in [0.2, 0.25) is 0 Å². The molecule has 1 heterocycles. The molecule has 0 aromatic rings. The molecule has 2 unspecified atom stereocenters. The van der Waals surface area contributed by atoms with Crippen LogP contribution < -0.4 is 5.32 Å². The second-order valence-corrected chi connectivity index (χ2v) is 2.94. The van der Waals surface area contributed by atoms with Gasteiger partial charge in [-0.25, -0.2) is 5.11 Å². The number of hydrogen-bond acceptors (Lipinski definition) is 2. The van der Waals surface area contributed by atoms with Crippen LogP contribution in [0.5, 0.6) is 0 Å². The van der Waals surface area contributed by atoms with E-state index in [0.717, 1.165) is 25.9 Å². The summed E-state index contributed by atoms with van der Waals surface area (Å²) in [6, 6.07) is 0. The zero-order valence-electron chi connectivity index (χ0n) is 7.01. The van der Waals surface area contributed by atoms with Crippen molar-refractivity contribution in [3.63, 3.8) is 0 Å². The Hall–Kier alpha value is -0.120. The molecule has 11 heavy (non-hydrogen) atoms. The second-order valence-electron chi connectivity index (χ2n) is 2.94. The van der Waals surface area contributed by atoms with E-state index in [0.29, 0.717) is 6.61 Å². The predicted molar refractivity (Wildman–Crippen MR) is 42.0 cm³/mol. The summed E-state index contributed by atoms with van der Waals surface area (Å²) in [5, 5.41) is 14.5. The average Bonchev–Trinajstić information content (AvgIpc) is 2.07. The molecule has 3 heteroatoms. The van der Waals surface area contributed by atoms with Crippen LogP contribution in [-0.4, -0.2) is 31.9 Å². The van der Waals surface area contributed by atoms with Crippen molar-refractivity contribution in [3.05, 3.63) is 0 Å². The van der Waals surface area contributed by atoms with E-state index >= 15 is 0 Å². The smallest absolute Gasteiger partial charge is 0.120 e. The Morgan fingerprint density at radius 1 is 1.73 bits per heavy atom. The van der Waals surface area contributed by atoms with Crippen molar-refractivity contribution < 1.29 is 9.84 Å². The van der Waals surface area contributed by atoms with Crippen molar-refractivity contribution in [2.75, 3.05) is 19.7 Å². The van der Waals surface area contributed by atoms with E-state index < -0.39 is 6.10 Å². The molecule has 0 amide bonds. The summed E-state index contributed by atoms with van der Waals surface area (Å²) in [5.74, 6) is 0. The Labute approximate surface area is 67.7 Å². The number of hydrogen-bond donors (Lipinski definition) is 1. The molecular weight excluding hydrogens is 142 g/mol. The van der Waals surface area contributed by atoms with Gasteiger partial charge in [0.25, 0.3) is 0 Å². The standard InChI is InChI=1S/C8H16NO2/c1-2-3-7(10)8-6-9-4-5-11-8/h7-9H,2-6H2,1H3. The Morgan fingerprint density at radius 3 is 3.09 bits per heavy atom. The molecule has 1 N–H and O–H groups in total. The molecule has 0 spiro atoms. The lowest BCUT2D eigenvalue weighted by Crippen LogP contribution is -2.44. The summed E-state index contributed by atoms with van der Waals surface area (Å²) in [6.45, 7) is 4.33. The van der Waals surface area contributed by atoms with E-state index in [-0.39, 0.29) is 6.10 Å². The van der Waals surface area contributed by atoms with Crippen molar-refractivity contribution in [1.82, 2.24) is 5.32 Å². The van der Waals surface area contributed by atoms with E-state index in [1.807, 2.05) is 6.92 Å². The van der Waals surface area contributed by atoms with Crippen LogP contribution in [0, 0.1) is 0 Å². The molecule has 1 rings (SSSR count). The van der Waals surface area contributed by atoms with Gasteiger partial charge in [-0.2, -0.15) is 0 Å². The molecule has 0 bridgehead atoms. The average molecular weight is 158 g/mol. The van der Waals surface area contributed by atoms with Crippen LogP contribution in [0.4, 0.5) is 0 Å². The van der Waals surface area contributed by atoms with Crippen LogP contribution in [0.2, 0.25) is 0 Å². The molecule has 0 aromatic carbocycles. The van der Waals surface area contributed by atoms with Crippen molar-refractivity contribution >= 4 is 0 Å². The first-order chi connectivity index (χ1) is 5.34. The number of rotatable bonds is 3. The lowest BCUT2D eigenvalue weighted by atomic mass is 10.1. The van der Waals surface area contributed by atoms with Gasteiger partial charge in [0.05, 0.1) is 12.7 Å². The summed E-state index contributed by atoms with van der Waals surface area (Å²) in [4.78, 5) is 0. The Bertz CT molecular complexity index is 102. The van der Waals surface area contributed by atoms with Gasteiger partial charge >= 0.3 is 0 Å². The summed E-state index contributed by atoms with van der Waals surface area (Å²) in [6.07, 6.45) is 1.05. The van der Waals surface area contributed by atoms with Crippen molar-refractivity contribution in [2.24, 2.45) is 0 Å². The molecule has 1 radical (unpaired) electrons. The fourth-order valence-electron chi connectivity index (χ4n) is 1.29. The van der Waals surface area contributed by atoms with E-state index in [4.69, 9.17) is 4.74 Å². The minimum atomic E-state index is -0.534. The van der Waals surface area contributed by atoms with E-state index in [1.54, 1.807) is 0 Å². The Morgan fingerprint density at radius 2 is 2.55 bits per heavy atom. The largest absolute Gasteiger partial charge is 0.373 e. The van der Waals surface area contributed by atoms with Crippen LogP contribution >= 0.6 is 0 Å². The monoisotopic (exact) mass is 158 g/mol. The molecule has 0 aliphatic carbocycles. The summed E-state index contributed by atoms with van der Waals surface area (Å²) < 4.78 is 5.32. The number of ether oxygens (including phenoxy) is 1. The molecule has 0 saturated carbocycles. The van der Waals surface area contributed by atoms with Gasteiger partial charge < -0.3 is 10.1 Å². The molecule has 1 aliphatic heterocycles. The van der Waals surface area contributed by atoms with Crippen LogP contribution in [0.15, 0.2) is 0 Å². The van der Waals surface area contributed by atoms with Gasteiger partial charge in [0.15, 0.2) is 0 Å². The Balaban J connectivity index is 2.21. The zero-order chi connectivity index (χ0) is 8.10. The maximum absolute atomic E-state index is 11.3. The lowest BCUT2D eigenvalue weighted by molar-refractivity contribution is -0.0819. The fourth-order valence-corrected chi connectivity index (χ4v) is 1.29. The summed E-state index contributed by atoms with van der Waals surface area (Å²) in [7, 11) is 0. The van der Waals surface area contributed by atoms with Gasteiger partial charge in [-0.15, -0.1) is 0 Å². The molecule has 1 fully saturated rings. The third kappa shape index (κ3) is 2.77. The third-order valence-corrected chi connectivity index (χ3v) is 1.94. The molecule has 1 aliphatic rings. The molecule has 65 valence electrons. The predicted octanol–water partition coefficient (Wildman–Crippen LogP) is 0.574.